The molecule has 1 aromatic carbocycles. The SMILES string of the molecule is CCOc1c(Br)cc(Br)cc1CNC(C)CCN(C)C. The van der Waals surface area contributed by atoms with Crippen LogP contribution in [0, 0.1) is 0 Å². The Balaban J connectivity index is 2.66. The number of ether oxygens (including phenoxy) is 1. The van der Waals surface area contributed by atoms with Gasteiger partial charge in [0, 0.05) is 22.6 Å². The van der Waals surface area contributed by atoms with Crippen molar-refractivity contribution >= 4 is 31.9 Å². The Morgan fingerprint density at radius 2 is 2.00 bits per heavy atom. The summed E-state index contributed by atoms with van der Waals surface area (Å²) in [6.45, 7) is 6.79. The number of nitrogens with zero attached hydrogens (tertiary/aromatic N) is 1. The van der Waals surface area contributed by atoms with Crippen LogP contribution in [-0.4, -0.2) is 38.2 Å². The Labute approximate surface area is 139 Å². The maximum atomic E-state index is 5.74. The van der Waals surface area contributed by atoms with Crippen LogP contribution in [-0.2, 0) is 6.54 Å². The summed E-state index contributed by atoms with van der Waals surface area (Å²) in [5.74, 6) is 0.933. The summed E-state index contributed by atoms with van der Waals surface area (Å²) >= 11 is 7.10. The van der Waals surface area contributed by atoms with Gasteiger partial charge in [0.15, 0.2) is 0 Å². The number of benzene rings is 1. The second-order valence-electron chi connectivity index (χ2n) is 5.18. The molecule has 0 aromatic heterocycles. The predicted molar refractivity (Wildman–Crippen MR) is 92.5 cm³/mol. The molecule has 0 aliphatic heterocycles. The van der Waals surface area contributed by atoms with Crippen molar-refractivity contribution in [1.82, 2.24) is 10.2 Å². The molecule has 0 spiro atoms. The van der Waals surface area contributed by atoms with Gasteiger partial charge < -0.3 is 15.0 Å². The van der Waals surface area contributed by atoms with Crippen molar-refractivity contribution in [2.75, 3.05) is 27.2 Å². The van der Waals surface area contributed by atoms with Gasteiger partial charge in [-0.2, -0.15) is 0 Å². The highest BCUT2D eigenvalue weighted by molar-refractivity contribution is 9.11. The lowest BCUT2D eigenvalue weighted by atomic mass is 10.1. The molecule has 1 rings (SSSR count). The summed E-state index contributed by atoms with van der Waals surface area (Å²) in [7, 11) is 4.21. The Bertz CT molecular complexity index is 425. The summed E-state index contributed by atoms with van der Waals surface area (Å²) < 4.78 is 7.79. The molecular formula is C15H24Br2N2O. The zero-order chi connectivity index (χ0) is 15.1. The van der Waals surface area contributed by atoms with Gasteiger partial charge in [-0.3, -0.25) is 0 Å². The quantitative estimate of drug-likeness (QED) is 0.703. The summed E-state index contributed by atoms with van der Waals surface area (Å²) in [6.07, 6.45) is 1.13. The van der Waals surface area contributed by atoms with Gasteiger partial charge in [-0.25, -0.2) is 0 Å². The van der Waals surface area contributed by atoms with E-state index >= 15 is 0 Å². The van der Waals surface area contributed by atoms with Gasteiger partial charge in [-0.05, 0) is 69.0 Å². The van der Waals surface area contributed by atoms with Crippen molar-refractivity contribution < 1.29 is 4.74 Å². The average molecular weight is 408 g/mol. The molecule has 0 saturated heterocycles. The van der Waals surface area contributed by atoms with E-state index in [0.717, 1.165) is 34.2 Å². The van der Waals surface area contributed by atoms with Crippen LogP contribution in [0.4, 0.5) is 0 Å². The zero-order valence-corrected chi connectivity index (χ0v) is 15.8. The van der Waals surface area contributed by atoms with Crippen LogP contribution < -0.4 is 10.1 Å². The van der Waals surface area contributed by atoms with Crippen molar-refractivity contribution in [3.63, 3.8) is 0 Å². The number of hydrogen-bond donors (Lipinski definition) is 1. The number of rotatable bonds is 8. The molecule has 1 aromatic rings. The van der Waals surface area contributed by atoms with Gasteiger partial charge in [0.25, 0.3) is 0 Å². The molecule has 5 heteroatoms. The standard InChI is InChI=1S/C15H24Br2N2O/c1-5-20-15-12(8-13(16)9-14(15)17)10-18-11(2)6-7-19(3)4/h8-9,11,18H,5-7,10H2,1-4H3. The first-order valence-electron chi connectivity index (χ1n) is 6.92. The second-order valence-corrected chi connectivity index (χ2v) is 6.95. The molecule has 20 heavy (non-hydrogen) atoms. The van der Waals surface area contributed by atoms with E-state index in [2.05, 4.69) is 69.2 Å². The fraction of sp³-hybridized carbons (Fsp3) is 0.600. The zero-order valence-electron chi connectivity index (χ0n) is 12.7. The van der Waals surface area contributed by atoms with Gasteiger partial charge in [-0.1, -0.05) is 15.9 Å². The molecule has 1 atom stereocenters. The van der Waals surface area contributed by atoms with E-state index in [0.29, 0.717) is 12.6 Å². The summed E-state index contributed by atoms with van der Waals surface area (Å²) in [5, 5.41) is 3.56. The van der Waals surface area contributed by atoms with Gasteiger partial charge in [0.05, 0.1) is 11.1 Å². The van der Waals surface area contributed by atoms with Crippen molar-refractivity contribution in [1.29, 1.82) is 0 Å². The molecule has 0 radical (unpaired) electrons. The normalized spacial score (nSPS) is 12.8. The topological polar surface area (TPSA) is 24.5 Å². The van der Waals surface area contributed by atoms with E-state index in [1.54, 1.807) is 0 Å². The van der Waals surface area contributed by atoms with Crippen LogP contribution in [0.1, 0.15) is 25.8 Å². The monoisotopic (exact) mass is 406 g/mol. The van der Waals surface area contributed by atoms with Crippen LogP contribution in [0.15, 0.2) is 21.1 Å². The van der Waals surface area contributed by atoms with E-state index in [1.165, 1.54) is 5.56 Å². The largest absolute Gasteiger partial charge is 0.492 e. The fourth-order valence-electron chi connectivity index (χ4n) is 1.89. The van der Waals surface area contributed by atoms with E-state index < -0.39 is 0 Å². The van der Waals surface area contributed by atoms with E-state index in [1.807, 2.05) is 13.0 Å². The third kappa shape index (κ3) is 6.12. The minimum absolute atomic E-state index is 0.477. The maximum Gasteiger partial charge on any atom is 0.138 e. The first-order valence-corrected chi connectivity index (χ1v) is 8.51. The highest BCUT2D eigenvalue weighted by atomic mass is 79.9. The van der Waals surface area contributed by atoms with Crippen molar-refractivity contribution in [3.8, 4) is 5.75 Å². The summed E-state index contributed by atoms with van der Waals surface area (Å²) in [6, 6.07) is 4.61. The molecule has 0 fully saturated rings. The van der Waals surface area contributed by atoms with Crippen LogP contribution in [0.2, 0.25) is 0 Å². The maximum absolute atomic E-state index is 5.74. The molecule has 0 bridgehead atoms. The second kappa shape index (κ2) is 9.03. The van der Waals surface area contributed by atoms with E-state index in [-0.39, 0.29) is 0 Å². The van der Waals surface area contributed by atoms with E-state index in [4.69, 9.17) is 4.74 Å². The number of nitrogens with one attached hydrogen (secondary N) is 1. The smallest absolute Gasteiger partial charge is 0.138 e. The van der Waals surface area contributed by atoms with Crippen molar-refractivity contribution in [2.45, 2.75) is 32.9 Å². The average Bonchev–Trinajstić information content (AvgIpc) is 2.37. The minimum atomic E-state index is 0.477. The molecule has 0 amide bonds. The van der Waals surface area contributed by atoms with Crippen molar-refractivity contribution in [2.24, 2.45) is 0 Å². The van der Waals surface area contributed by atoms with Crippen LogP contribution in [0.3, 0.4) is 0 Å². The van der Waals surface area contributed by atoms with Crippen molar-refractivity contribution in [3.05, 3.63) is 26.6 Å². The lowest BCUT2D eigenvalue weighted by molar-refractivity contribution is 0.330. The lowest BCUT2D eigenvalue weighted by Gasteiger charge is -2.18. The predicted octanol–water partition coefficient (Wildman–Crippen LogP) is 4.04. The molecular weight excluding hydrogens is 384 g/mol. The van der Waals surface area contributed by atoms with Crippen LogP contribution in [0.25, 0.3) is 0 Å². The first-order chi connectivity index (χ1) is 9.43. The van der Waals surface area contributed by atoms with Crippen LogP contribution >= 0.6 is 31.9 Å². The summed E-state index contributed by atoms with van der Waals surface area (Å²) in [4.78, 5) is 2.21. The summed E-state index contributed by atoms with van der Waals surface area (Å²) in [5.41, 5.74) is 1.17. The molecule has 0 heterocycles. The fourth-order valence-corrected chi connectivity index (χ4v) is 3.32. The highest BCUT2D eigenvalue weighted by Crippen LogP contribution is 2.33. The minimum Gasteiger partial charge on any atom is -0.492 e. The molecule has 1 unspecified atom stereocenters. The number of halogens is 2. The molecule has 0 aliphatic rings. The van der Waals surface area contributed by atoms with Gasteiger partial charge in [0.2, 0.25) is 0 Å². The molecule has 0 saturated carbocycles. The Morgan fingerprint density at radius 3 is 2.60 bits per heavy atom. The third-order valence-corrected chi connectivity index (χ3v) is 4.07. The van der Waals surface area contributed by atoms with Gasteiger partial charge in [-0.15, -0.1) is 0 Å². The Hall–Kier alpha value is -0.100. The molecule has 0 aliphatic carbocycles. The first kappa shape index (κ1) is 18.0. The third-order valence-electron chi connectivity index (χ3n) is 3.02. The molecule has 3 nitrogen and oxygen atoms in total. The lowest BCUT2D eigenvalue weighted by Crippen LogP contribution is -2.29. The van der Waals surface area contributed by atoms with Crippen LogP contribution in [0.5, 0.6) is 5.75 Å². The van der Waals surface area contributed by atoms with Gasteiger partial charge >= 0.3 is 0 Å². The molecule has 1 N–H and O–H groups in total. The highest BCUT2D eigenvalue weighted by Gasteiger charge is 2.11. The van der Waals surface area contributed by atoms with Gasteiger partial charge in [0.1, 0.15) is 5.75 Å². The van der Waals surface area contributed by atoms with E-state index in [9.17, 15) is 0 Å². The number of hydrogen-bond acceptors (Lipinski definition) is 3. The Morgan fingerprint density at radius 1 is 1.30 bits per heavy atom. The Kier molecular flexibility index (Phi) is 8.10. The molecule has 114 valence electrons.